The van der Waals surface area contributed by atoms with Gasteiger partial charge in [-0.3, -0.25) is 4.79 Å². The van der Waals surface area contributed by atoms with E-state index in [1.807, 2.05) is 58.8 Å². The summed E-state index contributed by atoms with van der Waals surface area (Å²) >= 11 is 1.43. The van der Waals surface area contributed by atoms with Crippen molar-refractivity contribution in [1.29, 1.82) is 10.5 Å². The van der Waals surface area contributed by atoms with Crippen molar-refractivity contribution in [2.75, 3.05) is 4.90 Å². The van der Waals surface area contributed by atoms with Crippen LogP contribution >= 0.6 is 11.3 Å². The molecule has 0 radical (unpaired) electrons. The molecule has 6 heteroatoms. The molecule has 0 bridgehead atoms. The Morgan fingerprint density at radius 3 is 2.45 bits per heavy atom. The van der Waals surface area contributed by atoms with Gasteiger partial charge < -0.3 is 4.90 Å². The van der Waals surface area contributed by atoms with Gasteiger partial charge in [-0.25, -0.2) is 4.39 Å². The van der Waals surface area contributed by atoms with Crippen LogP contribution in [0.3, 0.4) is 0 Å². The molecule has 2 aliphatic rings. The van der Waals surface area contributed by atoms with Gasteiger partial charge in [-0.05, 0) is 47.3 Å². The third-order valence-electron chi connectivity index (χ3n) is 6.16. The summed E-state index contributed by atoms with van der Waals surface area (Å²) in [6, 6.07) is 20.0. The van der Waals surface area contributed by atoms with E-state index in [4.69, 9.17) is 0 Å². The summed E-state index contributed by atoms with van der Waals surface area (Å²) in [5.74, 6) is -1.31. The second-order valence-electron chi connectivity index (χ2n) is 7.67. The molecule has 0 unspecified atom stereocenters. The molecule has 150 valence electrons. The summed E-state index contributed by atoms with van der Waals surface area (Å²) < 4.78 is 13.5. The number of Topliss-reactive ketones (excluding diaryl/α,β-unsaturated/α-hetero) is 1. The van der Waals surface area contributed by atoms with Gasteiger partial charge in [0, 0.05) is 16.1 Å². The summed E-state index contributed by atoms with van der Waals surface area (Å²) in [7, 11) is 0. The number of fused-ring (bicyclic) bond motifs is 3. The van der Waals surface area contributed by atoms with Crippen molar-refractivity contribution >= 4 is 28.9 Å². The Morgan fingerprint density at radius 1 is 1.03 bits per heavy atom. The quantitative estimate of drug-likeness (QED) is 0.543. The fourth-order valence-electron chi connectivity index (χ4n) is 4.80. The van der Waals surface area contributed by atoms with Crippen LogP contribution in [-0.4, -0.2) is 17.9 Å². The maximum absolute atomic E-state index is 13.8. The molecular formula is C25H16FN3OS. The number of nitrogens with zero attached hydrogens (tertiary/aromatic N) is 3. The zero-order chi connectivity index (χ0) is 21.6. The molecule has 3 heterocycles. The third kappa shape index (κ3) is 2.73. The number of thiophene rings is 1. The van der Waals surface area contributed by atoms with E-state index in [0.717, 1.165) is 16.1 Å². The molecule has 2 aliphatic heterocycles. The Kier molecular flexibility index (Phi) is 4.46. The van der Waals surface area contributed by atoms with Crippen molar-refractivity contribution in [2.45, 2.75) is 18.0 Å². The zero-order valence-electron chi connectivity index (χ0n) is 16.3. The largest absolute Gasteiger partial charge is 0.351 e. The molecule has 1 saturated heterocycles. The van der Waals surface area contributed by atoms with Gasteiger partial charge in [0.25, 0.3) is 0 Å². The number of para-hydroxylation sites is 1. The number of halogens is 1. The van der Waals surface area contributed by atoms with Crippen LogP contribution in [-0.2, 0) is 0 Å². The smallest absolute Gasteiger partial charge is 0.186 e. The topological polar surface area (TPSA) is 67.9 Å². The maximum atomic E-state index is 13.8. The second-order valence-corrected chi connectivity index (χ2v) is 8.65. The molecule has 3 aromatic rings. The minimum absolute atomic E-state index is 0.235. The van der Waals surface area contributed by atoms with Crippen LogP contribution in [0.25, 0.3) is 6.08 Å². The maximum Gasteiger partial charge on any atom is 0.186 e. The van der Waals surface area contributed by atoms with Crippen LogP contribution in [0, 0.1) is 33.9 Å². The number of carbonyl (C=O) groups excluding carboxylic acids is 1. The van der Waals surface area contributed by atoms with Gasteiger partial charge in [-0.2, -0.15) is 10.5 Å². The second kappa shape index (κ2) is 7.19. The number of benzene rings is 2. The van der Waals surface area contributed by atoms with E-state index >= 15 is 0 Å². The van der Waals surface area contributed by atoms with E-state index in [1.54, 1.807) is 0 Å². The summed E-state index contributed by atoms with van der Waals surface area (Å²) in [5, 5.41) is 22.5. The van der Waals surface area contributed by atoms with Gasteiger partial charge in [0.15, 0.2) is 11.2 Å². The lowest BCUT2D eigenvalue weighted by Gasteiger charge is -2.35. The van der Waals surface area contributed by atoms with Crippen LogP contribution in [0.15, 0.2) is 72.1 Å². The highest BCUT2D eigenvalue weighted by molar-refractivity contribution is 7.10. The molecule has 1 aromatic heterocycles. The van der Waals surface area contributed by atoms with E-state index in [-0.39, 0.29) is 5.78 Å². The van der Waals surface area contributed by atoms with E-state index in [9.17, 15) is 19.7 Å². The van der Waals surface area contributed by atoms with E-state index in [1.165, 1.54) is 35.6 Å². The predicted molar refractivity (Wildman–Crippen MR) is 117 cm³/mol. The molecule has 0 N–H and O–H groups in total. The number of anilines is 1. The highest BCUT2D eigenvalue weighted by Gasteiger charge is 2.63. The van der Waals surface area contributed by atoms with Crippen molar-refractivity contribution in [2.24, 2.45) is 5.41 Å². The molecule has 0 spiro atoms. The van der Waals surface area contributed by atoms with Crippen LogP contribution in [0.1, 0.15) is 26.7 Å². The molecular weight excluding hydrogens is 409 g/mol. The number of hydrogen-bond acceptors (Lipinski definition) is 5. The van der Waals surface area contributed by atoms with Gasteiger partial charge in [0.05, 0.1) is 24.1 Å². The van der Waals surface area contributed by atoms with Crippen molar-refractivity contribution in [3.05, 3.63) is 93.9 Å². The molecule has 0 aliphatic carbocycles. The molecule has 1 fully saturated rings. The Bertz CT molecular complexity index is 1250. The lowest BCUT2D eigenvalue weighted by Crippen LogP contribution is -2.44. The molecule has 4 nitrogen and oxygen atoms in total. The van der Waals surface area contributed by atoms with Crippen molar-refractivity contribution in [3.63, 3.8) is 0 Å². The molecule has 2 aromatic carbocycles. The first-order valence-electron chi connectivity index (χ1n) is 9.82. The van der Waals surface area contributed by atoms with Gasteiger partial charge in [-0.15, -0.1) is 11.3 Å². The van der Waals surface area contributed by atoms with Crippen LogP contribution in [0.4, 0.5) is 10.1 Å². The first-order chi connectivity index (χ1) is 15.1. The summed E-state index contributed by atoms with van der Waals surface area (Å²) in [6.07, 6.45) is 3.77. The lowest BCUT2D eigenvalue weighted by molar-refractivity contribution is 0.0951. The molecule has 31 heavy (non-hydrogen) atoms. The highest BCUT2D eigenvalue weighted by atomic mass is 32.1. The number of ketones is 1. The number of carbonyl (C=O) groups is 1. The van der Waals surface area contributed by atoms with Crippen LogP contribution in [0.5, 0.6) is 0 Å². The number of rotatable bonds is 3. The highest BCUT2D eigenvalue weighted by Crippen LogP contribution is 2.56. The fourth-order valence-corrected chi connectivity index (χ4v) is 5.73. The minimum atomic E-state index is -1.45. The Morgan fingerprint density at radius 2 is 1.77 bits per heavy atom. The predicted octanol–water partition coefficient (Wildman–Crippen LogP) is 5.17. The van der Waals surface area contributed by atoms with Gasteiger partial charge >= 0.3 is 0 Å². The molecule has 0 amide bonds. The van der Waals surface area contributed by atoms with Gasteiger partial charge in [-0.1, -0.05) is 36.4 Å². The first kappa shape index (κ1) is 19.2. The van der Waals surface area contributed by atoms with Gasteiger partial charge in [0.1, 0.15) is 11.9 Å². The lowest BCUT2D eigenvalue weighted by atomic mass is 9.71. The molecule has 0 saturated carbocycles. The Hall–Kier alpha value is -3.74. The number of hydrogen-bond donors (Lipinski definition) is 0. The van der Waals surface area contributed by atoms with Crippen LogP contribution < -0.4 is 4.90 Å². The van der Waals surface area contributed by atoms with E-state index in [2.05, 4.69) is 12.1 Å². The summed E-state index contributed by atoms with van der Waals surface area (Å²) in [5.41, 5.74) is 0.636. The van der Waals surface area contributed by atoms with Crippen molar-refractivity contribution in [1.82, 2.24) is 0 Å². The molecule has 3 atom stereocenters. The molecule has 5 rings (SSSR count). The monoisotopic (exact) mass is 425 g/mol. The van der Waals surface area contributed by atoms with Gasteiger partial charge in [0.2, 0.25) is 0 Å². The minimum Gasteiger partial charge on any atom is -0.351 e. The SMILES string of the molecule is N#CC1(C#N)[C@H](c2cccs2)[C@H](C(=O)c2ccc(F)cc2)N2c3ccccc3C=C[C@@H]21. The van der Waals surface area contributed by atoms with Crippen molar-refractivity contribution < 1.29 is 9.18 Å². The summed E-state index contributed by atoms with van der Waals surface area (Å²) in [4.78, 5) is 16.6. The fraction of sp³-hybridized carbons (Fsp3) is 0.160. The van der Waals surface area contributed by atoms with Crippen LogP contribution in [0.2, 0.25) is 0 Å². The standard InChI is InChI=1S/C25H16FN3OS/c26-18-10-7-17(8-11-18)24(30)23-22(20-6-3-13-31-20)25(14-27,15-28)21-12-9-16-4-1-2-5-19(16)29(21)23/h1-13,21-23H/t21-,22-,23-/m1/s1. The normalized spacial score (nSPS) is 22.8. The average Bonchev–Trinajstić information content (AvgIpc) is 3.43. The first-order valence-corrected chi connectivity index (χ1v) is 10.7. The third-order valence-corrected chi connectivity index (χ3v) is 7.12. The van der Waals surface area contributed by atoms with Crippen molar-refractivity contribution in [3.8, 4) is 12.1 Å². The zero-order valence-corrected chi connectivity index (χ0v) is 17.1. The average molecular weight is 425 g/mol. The van der Waals surface area contributed by atoms with E-state index < -0.39 is 29.2 Å². The van der Waals surface area contributed by atoms with E-state index in [0.29, 0.717) is 5.56 Å². The Labute approximate surface area is 183 Å². The number of nitriles is 2. The summed E-state index contributed by atoms with van der Waals surface area (Å²) in [6.45, 7) is 0. The Balaban J connectivity index is 1.77.